The van der Waals surface area contributed by atoms with Gasteiger partial charge in [-0.15, -0.1) is 0 Å². The molecule has 0 saturated carbocycles. The lowest BCUT2D eigenvalue weighted by atomic mass is 10.0. The zero-order valence-corrected chi connectivity index (χ0v) is 14.1. The van der Waals surface area contributed by atoms with Gasteiger partial charge in [-0.1, -0.05) is 60.7 Å². The third-order valence-corrected chi connectivity index (χ3v) is 4.11. The molecule has 0 bridgehead atoms. The van der Waals surface area contributed by atoms with Crippen LogP contribution in [-0.2, 0) is 0 Å². The Balaban J connectivity index is 1.71. The molecule has 25 heavy (non-hydrogen) atoms. The van der Waals surface area contributed by atoms with E-state index in [-0.39, 0.29) is 5.28 Å². The number of benzene rings is 2. The van der Waals surface area contributed by atoms with Gasteiger partial charge in [-0.25, -0.2) is 9.97 Å². The van der Waals surface area contributed by atoms with Crippen molar-refractivity contribution in [2.45, 2.75) is 0 Å². The molecule has 0 N–H and O–H groups in total. The van der Waals surface area contributed by atoms with Crippen LogP contribution in [0.15, 0.2) is 85.2 Å². The molecule has 2 aromatic heterocycles. The average molecular weight is 344 g/mol. The summed E-state index contributed by atoms with van der Waals surface area (Å²) in [6, 6.07) is 24.1. The van der Waals surface area contributed by atoms with Crippen LogP contribution in [0.25, 0.3) is 33.6 Å². The van der Waals surface area contributed by atoms with Crippen LogP contribution in [0.3, 0.4) is 0 Å². The average Bonchev–Trinajstić information content (AvgIpc) is 2.69. The van der Waals surface area contributed by atoms with Crippen LogP contribution in [0.2, 0.25) is 5.28 Å². The molecule has 0 unspecified atom stereocenters. The van der Waals surface area contributed by atoms with Crippen LogP contribution in [0, 0.1) is 0 Å². The molecule has 2 heterocycles. The molecule has 0 atom stereocenters. The molecule has 4 aromatic rings. The molecule has 0 aliphatic rings. The monoisotopic (exact) mass is 343 g/mol. The summed E-state index contributed by atoms with van der Waals surface area (Å²) in [6.07, 6.45) is 3.62. The van der Waals surface area contributed by atoms with Gasteiger partial charge in [0, 0.05) is 23.5 Å². The Hall–Kier alpha value is -3.04. The highest BCUT2D eigenvalue weighted by atomic mass is 35.5. The van der Waals surface area contributed by atoms with Gasteiger partial charge in [0.2, 0.25) is 5.28 Å². The molecule has 0 amide bonds. The lowest BCUT2D eigenvalue weighted by Gasteiger charge is -2.07. The van der Waals surface area contributed by atoms with Crippen LogP contribution in [0.4, 0.5) is 0 Å². The second-order valence-corrected chi connectivity index (χ2v) is 5.93. The second-order valence-electron chi connectivity index (χ2n) is 5.59. The minimum Gasteiger partial charge on any atom is -0.264 e. The molecule has 120 valence electrons. The Morgan fingerprint density at radius 1 is 0.600 bits per heavy atom. The van der Waals surface area contributed by atoms with E-state index in [1.165, 1.54) is 0 Å². The van der Waals surface area contributed by atoms with E-state index in [1.54, 1.807) is 6.20 Å². The van der Waals surface area contributed by atoms with Crippen molar-refractivity contribution in [2.24, 2.45) is 0 Å². The van der Waals surface area contributed by atoms with Crippen molar-refractivity contribution in [3.05, 3.63) is 90.5 Å². The summed E-state index contributed by atoms with van der Waals surface area (Å²) in [6.45, 7) is 0. The Morgan fingerprint density at radius 3 is 1.84 bits per heavy atom. The van der Waals surface area contributed by atoms with Crippen LogP contribution < -0.4 is 0 Å². The molecule has 3 nitrogen and oxygen atoms in total. The number of rotatable bonds is 3. The Labute approximate surface area is 151 Å². The number of halogens is 1. The summed E-state index contributed by atoms with van der Waals surface area (Å²) >= 11 is 6.15. The predicted octanol–water partition coefficient (Wildman–Crippen LogP) is 5.53. The molecule has 0 saturated heterocycles. The minimum absolute atomic E-state index is 0.243. The van der Waals surface area contributed by atoms with Gasteiger partial charge in [0.05, 0.1) is 11.4 Å². The summed E-state index contributed by atoms with van der Waals surface area (Å²) < 4.78 is 0. The Kier molecular flexibility index (Phi) is 4.23. The summed E-state index contributed by atoms with van der Waals surface area (Å²) in [4.78, 5) is 12.9. The molecule has 0 spiro atoms. The van der Waals surface area contributed by atoms with Crippen molar-refractivity contribution < 1.29 is 0 Å². The molecular formula is C21H14ClN3. The first-order valence-electron chi connectivity index (χ1n) is 7.90. The first-order chi connectivity index (χ1) is 12.3. The quantitative estimate of drug-likeness (QED) is 0.459. The second kappa shape index (κ2) is 6.83. The summed E-state index contributed by atoms with van der Waals surface area (Å²) in [5, 5.41) is 0.243. The lowest BCUT2D eigenvalue weighted by Crippen LogP contribution is -1.92. The first kappa shape index (κ1) is 15.5. The fourth-order valence-corrected chi connectivity index (χ4v) is 2.87. The smallest absolute Gasteiger partial charge is 0.223 e. The number of aromatic nitrogens is 3. The van der Waals surface area contributed by atoms with Crippen LogP contribution in [-0.4, -0.2) is 15.0 Å². The third-order valence-electron chi connectivity index (χ3n) is 3.94. The maximum Gasteiger partial charge on any atom is 0.223 e. The summed E-state index contributed by atoms with van der Waals surface area (Å²) in [5.41, 5.74) is 5.82. The van der Waals surface area contributed by atoms with Crippen molar-refractivity contribution in [3.63, 3.8) is 0 Å². The third kappa shape index (κ3) is 3.42. The Bertz CT molecular complexity index is 985. The topological polar surface area (TPSA) is 38.7 Å². The highest BCUT2D eigenvalue weighted by molar-refractivity contribution is 6.28. The van der Waals surface area contributed by atoms with Crippen LogP contribution >= 0.6 is 11.6 Å². The number of pyridine rings is 1. The van der Waals surface area contributed by atoms with Gasteiger partial charge in [-0.05, 0) is 34.9 Å². The van der Waals surface area contributed by atoms with Crippen molar-refractivity contribution >= 4 is 11.6 Å². The van der Waals surface area contributed by atoms with E-state index in [0.29, 0.717) is 0 Å². The van der Waals surface area contributed by atoms with Crippen LogP contribution in [0.1, 0.15) is 0 Å². The number of nitrogens with zero attached hydrogens (tertiary/aromatic N) is 3. The molecule has 0 aliphatic heterocycles. The van der Waals surface area contributed by atoms with Gasteiger partial charge in [0.25, 0.3) is 0 Å². The minimum atomic E-state index is 0.243. The van der Waals surface area contributed by atoms with Gasteiger partial charge in [-0.2, -0.15) is 0 Å². The largest absolute Gasteiger partial charge is 0.264 e. The molecule has 4 rings (SSSR count). The number of hydrogen-bond donors (Lipinski definition) is 0. The molecular weight excluding hydrogens is 330 g/mol. The normalized spacial score (nSPS) is 10.6. The van der Waals surface area contributed by atoms with Crippen LogP contribution in [0.5, 0.6) is 0 Å². The van der Waals surface area contributed by atoms with E-state index in [2.05, 4.69) is 27.1 Å². The van der Waals surface area contributed by atoms with Crippen molar-refractivity contribution in [1.29, 1.82) is 0 Å². The van der Waals surface area contributed by atoms with E-state index >= 15 is 0 Å². The zero-order chi connectivity index (χ0) is 17.1. The highest BCUT2D eigenvalue weighted by Crippen LogP contribution is 2.27. The molecule has 0 aliphatic carbocycles. The van der Waals surface area contributed by atoms with Crippen molar-refractivity contribution in [2.75, 3.05) is 0 Å². The maximum absolute atomic E-state index is 6.15. The SMILES string of the molecule is Clc1nc(-c2ccccc2)cc(-c2ccc(-c3cccnc3)cc2)n1. The Morgan fingerprint density at radius 2 is 1.20 bits per heavy atom. The number of hydrogen-bond acceptors (Lipinski definition) is 3. The molecule has 0 radical (unpaired) electrons. The zero-order valence-electron chi connectivity index (χ0n) is 13.3. The standard InChI is InChI=1S/C21H14ClN3/c22-21-24-19(16-5-2-1-3-6-16)13-20(25-21)17-10-8-15(9-11-17)18-7-4-12-23-14-18/h1-14H. The van der Waals surface area contributed by atoms with E-state index in [0.717, 1.165) is 33.6 Å². The van der Waals surface area contributed by atoms with E-state index < -0.39 is 0 Å². The predicted molar refractivity (Wildman–Crippen MR) is 101 cm³/mol. The van der Waals surface area contributed by atoms with E-state index in [4.69, 9.17) is 11.6 Å². The van der Waals surface area contributed by atoms with Gasteiger partial charge in [-0.3, -0.25) is 4.98 Å². The maximum atomic E-state index is 6.15. The van der Waals surface area contributed by atoms with Gasteiger partial charge >= 0.3 is 0 Å². The van der Waals surface area contributed by atoms with E-state index in [9.17, 15) is 0 Å². The lowest BCUT2D eigenvalue weighted by molar-refractivity contribution is 1.18. The highest BCUT2D eigenvalue weighted by Gasteiger charge is 2.08. The fraction of sp³-hybridized carbons (Fsp3) is 0. The van der Waals surface area contributed by atoms with Gasteiger partial charge < -0.3 is 0 Å². The van der Waals surface area contributed by atoms with Gasteiger partial charge in [0.1, 0.15) is 0 Å². The van der Waals surface area contributed by atoms with Gasteiger partial charge in [0.15, 0.2) is 0 Å². The molecule has 0 fully saturated rings. The van der Waals surface area contributed by atoms with E-state index in [1.807, 2.05) is 66.9 Å². The fourth-order valence-electron chi connectivity index (χ4n) is 2.69. The summed E-state index contributed by atoms with van der Waals surface area (Å²) in [7, 11) is 0. The van der Waals surface area contributed by atoms with Crippen molar-refractivity contribution in [3.8, 4) is 33.6 Å². The molecule has 2 aromatic carbocycles. The molecule has 4 heteroatoms. The first-order valence-corrected chi connectivity index (χ1v) is 8.28. The van der Waals surface area contributed by atoms with Crippen molar-refractivity contribution in [1.82, 2.24) is 15.0 Å². The summed E-state index contributed by atoms with van der Waals surface area (Å²) in [5.74, 6) is 0.